The van der Waals surface area contributed by atoms with Gasteiger partial charge >= 0.3 is 5.96 Å². The van der Waals surface area contributed by atoms with E-state index in [1.54, 1.807) is 12.5 Å². The monoisotopic (exact) mass is 409 g/mol. The quantitative estimate of drug-likeness (QED) is 0.783. The molecule has 2 aromatic rings. The van der Waals surface area contributed by atoms with Crippen LogP contribution in [-0.4, -0.2) is 51.2 Å². The molecule has 4 aliphatic rings. The molecule has 3 atom stereocenters. The zero-order valence-electron chi connectivity index (χ0n) is 16.0. The lowest BCUT2D eigenvalue weighted by Gasteiger charge is -2.44. The predicted molar refractivity (Wildman–Crippen MR) is 111 cm³/mol. The summed E-state index contributed by atoms with van der Waals surface area (Å²) in [5.41, 5.74) is 7.07. The molecule has 6 rings (SSSR count). The number of hydrogen-bond donors (Lipinski definition) is 1. The van der Waals surface area contributed by atoms with Crippen molar-refractivity contribution in [1.82, 2.24) is 9.36 Å². The number of quaternary nitrogens is 1. The van der Waals surface area contributed by atoms with Crippen LogP contribution in [0.2, 0.25) is 0 Å². The van der Waals surface area contributed by atoms with Gasteiger partial charge in [-0.15, -0.1) is 4.99 Å². The van der Waals surface area contributed by atoms with Crippen molar-refractivity contribution in [2.45, 2.75) is 25.8 Å². The zero-order chi connectivity index (χ0) is 19.6. The van der Waals surface area contributed by atoms with Crippen molar-refractivity contribution in [3.8, 4) is 0 Å². The molecule has 5 heterocycles. The molecule has 1 saturated carbocycles. The van der Waals surface area contributed by atoms with E-state index in [4.69, 9.17) is 15.3 Å². The summed E-state index contributed by atoms with van der Waals surface area (Å²) in [5, 5.41) is 5.90. The fraction of sp³-hybridized carbons (Fsp3) is 0.421. The number of guanidine groups is 2. The molecule has 0 amide bonds. The molecule has 2 aromatic heterocycles. The molecule has 29 heavy (non-hydrogen) atoms. The molecule has 0 aromatic carbocycles. The van der Waals surface area contributed by atoms with Crippen LogP contribution >= 0.6 is 11.5 Å². The molecule has 0 spiro atoms. The van der Waals surface area contributed by atoms with Gasteiger partial charge in [-0.1, -0.05) is 4.59 Å². The molecule has 2 fully saturated rings. The number of allylic oxidation sites excluding steroid dienone is 1. The molecular formula is C19H21N8OS+. The number of anilines is 1. The highest BCUT2D eigenvalue weighted by Gasteiger charge is 2.62. The molecule has 10 heteroatoms. The summed E-state index contributed by atoms with van der Waals surface area (Å²) in [6.45, 7) is 3.79. The number of fused-ring (bicyclic) bond motifs is 4. The number of furan rings is 1. The van der Waals surface area contributed by atoms with Gasteiger partial charge in [-0.05, 0) is 37.0 Å². The zero-order valence-corrected chi connectivity index (χ0v) is 16.8. The van der Waals surface area contributed by atoms with Crippen LogP contribution in [0.4, 0.5) is 5.13 Å². The second-order valence-electron chi connectivity index (χ2n) is 7.98. The fourth-order valence-electron chi connectivity index (χ4n) is 5.38. The highest BCUT2D eigenvalue weighted by molar-refractivity contribution is 7.09. The molecule has 0 radical (unpaired) electrons. The van der Waals surface area contributed by atoms with Gasteiger partial charge in [0.05, 0.1) is 6.26 Å². The minimum Gasteiger partial charge on any atom is -0.459 e. The lowest BCUT2D eigenvalue weighted by Crippen LogP contribution is -2.62. The number of nitrogens with two attached hydrogens (primary N) is 1. The van der Waals surface area contributed by atoms with Gasteiger partial charge in [-0.25, -0.2) is 4.98 Å². The Kier molecular flexibility index (Phi) is 3.57. The van der Waals surface area contributed by atoms with Gasteiger partial charge in [-0.3, -0.25) is 0 Å². The Morgan fingerprint density at radius 2 is 2.10 bits per heavy atom. The number of piperidine rings is 1. The number of hydrogen-bond acceptors (Lipinski definition) is 9. The third kappa shape index (κ3) is 2.39. The topological polar surface area (TPSA) is 105 Å². The summed E-state index contributed by atoms with van der Waals surface area (Å²) in [7, 11) is 0. The molecule has 3 aliphatic heterocycles. The van der Waals surface area contributed by atoms with Crippen LogP contribution in [-0.2, 0) is 0 Å². The minimum atomic E-state index is 0.216. The first kappa shape index (κ1) is 17.0. The Labute approximate surface area is 171 Å². The van der Waals surface area contributed by atoms with E-state index in [1.807, 2.05) is 25.1 Å². The summed E-state index contributed by atoms with van der Waals surface area (Å²) in [6, 6.07) is 4.08. The maximum absolute atomic E-state index is 6.12. The van der Waals surface area contributed by atoms with Gasteiger partial charge < -0.3 is 15.1 Å². The van der Waals surface area contributed by atoms with E-state index in [0.29, 0.717) is 17.8 Å². The highest BCUT2D eigenvalue weighted by Crippen LogP contribution is 2.50. The van der Waals surface area contributed by atoms with Crippen molar-refractivity contribution >= 4 is 40.5 Å². The first-order valence-corrected chi connectivity index (χ1v) is 10.6. The Morgan fingerprint density at radius 1 is 1.28 bits per heavy atom. The van der Waals surface area contributed by atoms with E-state index in [0.717, 1.165) is 48.3 Å². The van der Waals surface area contributed by atoms with Gasteiger partial charge in [0, 0.05) is 48.7 Å². The molecule has 148 valence electrons. The molecule has 1 saturated heterocycles. The second kappa shape index (κ2) is 6.07. The van der Waals surface area contributed by atoms with Crippen LogP contribution in [0.3, 0.4) is 0 Å². The summed E-state index contributed by atoms with van der Waals surface area (Å²) < 4.78 is 10.4. The number of aryl methyl sites for hydroxylation is 1. The smallest absolute Gasteiger partial charge is 0.365 e. The van der Waals surface area contributed by atoms with E-state index in [1.165, 1.54) is 11.5 Å². The molecule has 2 bridgehead atoms. The van der Waals surface area contributed by atoms with E-state index >= 15 is 0 Å². The molecule has 3 unspecified atom stereocenters. The Bertz CT molecular complexity index is 1070. The van der Waals surface area contributed by atoms with Crippen LogP contribution < -0.4 is 10.6 Å². The van der Waals surface area contributed by atoms with Crippen LogP contribution in [0.15, 0.2) is 44.0 Å². The Balaban J connectivity index is 1.43. The van der Waals surface area contributed by atoms with Crippen LogP contribution in [0, 0.1) is 18.8 Å². The average molecular weight is 409 g/mol. The van der Waals surface area contributed by atoms with E-state index in [-0.39, 0.29) is 16.6 Å². The van der Waals surface area contributed by atoms with E-state index in [9.17, 15) is 0 Å². The normalized spacial score (nSPS) is 32.8. The number of aromatic nitrogens is 2. The van der Waals surface area contributed by atoms with Crippen molar-refractivity contribution in [3.63, 3.8) is 0 Å². The van der Waals surface area contributed by atoms with Crippen LogP contribution in [0.5, 0.6) is 0 Å². The van der Waals surface area contributed by atoms with Crippen LogP contribution in [0.25, 0.3) is 5.70 Å². The SMILES string of the molecule is Cc1nsc(N2CC3CCC(C2)C3[N+]23N=C(N)N=C2N=CC=C3c2ccco2)n1. The molecular weight excluding hydrogens is 388 g/mol. The van der Waals surface area contributed by atoms with Crippen molar-refractivity contribution in [1.29, 1.82) is 0 Å². The van der Waals surface area contributed by atoms with Crippen molar-refractivity contribution in [3.05, 3.63) is 36.1 Å². The molecule has 9 nitrogen and oxygen atoms in total. The Hall–Kier alpha value is -2.85. The minimum absolute atomic E-state index is 0.216. The number of rotatable bonds is 3. The number of nitrogens with zero attached hydrogens (tertiary/aromatic N) is 7. The Morgan fingerprint density at radius 3 is 2.79 bits per heavy atom. The van der Waals surface area contributed by atoms with Gasteiger partial charge in [0.1, 0.15) is 11.9 Å². The van der Waals surface area contributed by atoms with E-state index < -0.39 is 0 Å². The summed E-state index contributed by atoms with van der Waals surface area (Å²) in [6.07, 6.45) is 7.72. The lowest BCUT2D eigenvalue weighted by atomic mass is 9.89. The maximum Gasteiger partial charge on any atom is 0.365 e. The third-order valence-electron chi connectivity index (χ3n) is 6.35. The van der Waals surface area contributed by atoms with E-state index in [2.05, 4.69) is 24.2 Å². The van der Waals surface area contributed by atoms with Crippen molar-refractivity contribution < 1.29 is 9.01 Å². The predicted octanol–water partition coefficient (Wildman–Crippen LogP) is 2.20. The van der Waals surface area contributed by atoms with Gasteiger partial charge in [0.25, 0.3) is 5.96 Å². The van der Waals surface area contributed by atoms with Gasteiger partial charge in [0.2, 0.25) is 10.8 Å². The second-order valence-corrected chi connectivity index (χ2v) is 8.71. The van der Waals surface area contributed by atoms with Gasteiger partial charge in [0.15, 0.2) is 5.76 Å². The fourth-order valence-corrected chi connectivity index (χ4v) is 6.08. The summed E-state index contributed by atoms with van der Waals surface area (Å²) in [4.78, 5) is 16.1. The van der Waals surface area contributed by atoms with Crippen molar-refractivity contribution in [2.75, 3.05) is 18.0 Å². The largest absolute Gasteiger partial charge is 0.459 e. The third-order valence-corrected chi connectivity index (χ3v) is 7.21. The first-order valence-electron chi connectivity index (χ1n) is 9.83. The van der Waals surface area contributed by atoms with Crippen LogP contribution in [0.1, 0.15) is 24.4 Å². The molecule has 1 aliphatic carbocycles. The summed E-state index contributed by atoms with van der Waals surface area (Å²) >= 11 is 1.48. The number of aliphatic imine (C=N–C) groups is 2. The lowest BCUT2D eigenvalue weighted by molar-refractivity contribution is -0.810. The highest BCUT2D eigenvalue weighted by atomic mass is 32.1. The van der Waals surface area contributed by atoms with Gasteiger partial charge in [-0.2, -0.15) is 9.37 Å². The van der Waals surface area contributed by atoms with Crippen molar-refractivity contribution in [2.24, 2.45) is 32.7 Å². The first-order chi connectivity index (χ1) is 14.1. The standard InChI is InChI=1S/C19H21N8OS/c1-11-22-19(29-25-11)26-9-12-4-5-13(10-26)16(12)27-14(15-3-2-8-28-15)6-7-21-18(27)23-17(20)24-27/h2-3,6-8,12-13,16H,4-5,9-10H2,1H3,(H2,20,24)/q+1. The summed E-state index contributed by atoms with van der Waals surface area (Å²) in [5.74, 6) is 3.37. The maximum atomic E-state index is 6.12. The molecule has 2 N–H and O–H groups in total. The average Bonchev–Trinajstić information content (AvgIpc) is 3.47.